The Morgan fingerprint density at radius 2 is 0.857 bits per heavy atom. The van der Waals surface area contributed by atoms with Crippen molar-refractivity contribution in [2.45, 2.75) is 0 Å². The van der Waals surface area contributed by atoms with E-state index in [1.54, 1.807) is 0 Å². The first-order chi connectivity index (χ1) is 2.00. The second-order valence-electron chi connectivity index (χ2n) is 0.271. The molecular weight excluding hydrogens is 323 g/mol. The van der Waals surface area contributed by atoms with E-state index >= 15 is 0 Å². The van der Waals surface area contributed by atoms with Gasteiger partial charge >= 0.3 is 101 Å². The summed E-state index contributed by atoms with van der Waals surface area (Å²) in [7, 11) is 19.9. The van der Waals surface area contributed by atoms with Crippen molar-refractivity contribution in [2.75, 3.05) is 0 Å². The molecule has 46 valence electrons. The smallest absolute Gasteiger partial charge is 1.00 e. The SMILES string of the molecule is [Cl-].[Cl][Pd]([Cl])([Cl])[Cl].[K+]. The molecule has 0 radical (unpaired) electrons. The third-order valence-corrected chi connectivity index (χ3v) is 0. The van der Waals surface area contributed by atoms with Crippen LogP contribution in [0, 0.1) is 0 Å². The van der Waals surface area contributed by atoms with Crippen LogP contribution >= 0.6 is 38.1 Å². The minimum absolute atomic E-state index is 0. The van der Waals surface area contributed by atoms with E-state index in [0.29, 0.717) is 0 Å². The van der Waals surface area contributed by atoms with Gasteiger partial charge in [0.15, 0.2) is 0 Å². The van der Waals surface area contributed by atoms with Gasteiger partial charge in [-0.25, -0.2) is 0 Å². The van der Waals surface area contributed by atoms with Gasteiger partial charge in [0.25, 0.3) is 0 Å². The maximum Gasteiger partial charge on any atom is 1.00 e. The van der Waals surface area contributed by atoms with Gasteiger partial charge in [-0.3, -0.25) is 0 Å². The molecule has 0 fully saturated rings. The number of halogens is 5. The quantitative estimate of drug-likeness (QED) is 0.411. The Balaban J connectivity index is -0.0000000800. The van der Waals surface area contributed by atoms with Crippen molar-refractivity contribution in [1.82, 2.24) is 0 Å². The zero-order valence-corrected chi connectivity index (χ0v) is 11.7. The van der Waals surface area contributed by atoms with Crippen LogP contribution in [0.1, 0.15) is 0 Å². The Kier molecular flexibility index (Phi) is 19.1. The minimum atomic E-state index is -2.81. The summed E-state index contributed by atoms with van der Waals surface area (Å²) in [6.07, 6.45) is 0. The van der Waals surface area contributed by atoms with Gasteiger partial charge in [0.1, 0.15) is 0 Å². The Morgan fingerprint density at radius 3 is 0.857 bits per heavy atom. The maximum absolute atomic E-state index is 4.98. The summed E-state index contributed by atoms with van der Waals surface area (Å²) in [6.45, 7) is 0. The zero-order valence-electron chi connectivity index (χ0n) is 3.21. The van der Waals surface area contributed by atoms with E-state index in [0.717, 1.165) is 0 Å². The van der Waals surface area contributed by atoms with Gasteiger partial charge in [-0.15, -0.1) is 0 Å². The van der Waals surface area contributed by atoms with Crippen molar-refractivity contribution in [2.24, 2.45) is 0 Å². The average Bonchev–Trinajstić information content (AvgIpc) is 0.722. The predicted octanol–water partition coefficient (Wildman–Crippen LogP) is -3.24. The Hall–Kier alpha value is 3.75. The zero-order chi connectivity index (χ0) is 4.50. The molecule has 0 saturated heterocycles. The summed E-state index contributed by atoms with van der Waals surface area (Å²) in [5.41, 5.74) is 0. The molecule has 0 aromatic rings. The first-order valence-electron chi connectivity index (χ1n) is 0.478. The van der Waals surface area contributed by atoms with E-state index in [2.05, 4.69) is 0 Å². The molecule has 0 amide bonds. The first-order valence-corrected chi connectivity index (χ1v) is 8.49. The molecule has 7 heteroatoms. The van der Waals surface area contributed by atoms with E-state index in [1.807, 2.05) is 0 Å². The van der Waals surface area contributed by atoms with Crippen LogP contribution in [-0.2, 0) is 11.5 Å². The van der Waals surface area contributed by atoms with Gasteiger partial charge < -0.3 is 12.4 Å². The Morgan fingerprint density at radius 1 is 0.857 bits per heavy atom. The van der Waals surface area contributed by atoms with Gasteiger partial charge in [-0.05, 0) is 0 Å². The van der Waals surface area contributed by atoms with Crippen LogP contribution in [0.25, 0.3) is 0 Å². The first kappa shape index (κ1) is 17.0. The molecule has 0 bridgehead atoms. The number of hydrogen-bond donors (Lipinski definition) is 0. The fourth-order valence-corrected chi connectivity index (χ4v) is 0. The summed E-state index contributed by atoms with van der Waals surface area (Å²) in [5.74, 6) is 0. The Labute approximate surface area is 110 Å². The largest absolute Gasteiger partial charge is 1.00 e. The van der Waals surface area contributed by atoms with Crippen LogP contribution in [0.4, 0.5) is 0 Å². The minimum Gasteiger partial charge on any atom is 1.00 e. The van der Waals surface area contributed by atoms with Gasteiger partial charge in [0.2, 0.25) is 0 Å². The number of hydrogen-bond acceptors (Lipinski definition) is 0. The molecule has 0 unspecified atom stereocenters. The van der Waals surface area contributed by atoms with E-state index < -0.39 is 11.5 Å². The average molecular weight is 323 g/mol. The normalized spacial score (nSPS) is 10.9. The molecule has 0 heterocycles. The fraction of sp³-hybridized carbons (Fsp3) is 0. The molecule has 0 saturated carbocycles. The summed E-state index contributed by atoms with van der Waals surface area (Å²) in [4.78, 5) is 0. The van der Waals surface area contributed by atoms with E-state index in [9.17, 15) is 0 Å². The summed E-state index contributed by atoms with van der Waals surface area (Å²) in [5, 5.41) is 0. The molecule has 0 nitrogen and oxygen atoms in total. The molecule has 0 aromatic carbocycles. The molecular formula is Cl5KPd. The topological polar surface area (TPSA) is 0 Å². The molecule has 0 aromatic heterocycles. The van der Waals surface area contributed by atoms with E-state index in [-0.39, 0.29) is 63.8 Å². The van der Waals surface area contributed by atoms with Gasteiger partial charge in [-0.1, -0.05) is 0 Å². The molecule has 0 aliphatic rings. The third-order valence-electron chi connectivity index (χ3n) is 0. The monoisotopic (exact) mass is 320 g/mol. The second kappa shape index (κ2) is 7.85. The molecule has 0 aliphatic carbocycles. The molecule has 0 spiro atoms. The van der Waals surface area contributed by atoms with Gasteiger partial charge in [-0.2, -0.15) is 0 Å². The van der Waals surface area contributed by atoms with Crippen molar-refractivity contribution in [3.63, 3.8) is 0 Å². The summed E-state index contributed by atoms with van der Waals surface area (Å²) >= 11 is -2.81. The number of rotatable bonds is 0. The second-order valence-corrected chi connectivity index (χ2v) is 14.4. The molecule has 7 heavy (non-hydrogen) atoms. The van der Waals surface area contributed by atoms with Crippen molar-refractivity contribution in [3.8, 4) is 0 Å². The van der Waals surface area contributed by atoms with Crippen LogP contribution in [0.3, 0.4) is 0 Å². The van der Waals surface area contributed by atoms with Crippen LogP contribution in [0.5, 0.6) is 0 Å². The summed E-state index contributed by atoms with van der Waals surface area (Å²) in [6, 6.07) is 0. The Bertz CT molecular complexity index is 23.6. The fourth-order valence-electron chi connectivity index (χ4n) is 0. The van der Waals surface area contributed by atoms with Crippen molar-refractivity contribution >= 4 is 38.1 Å². The molecule has 0 aliphatic heterocycles. The van der Waals surface area contributed by atoms with Gasteiger partial charge in [0.05, 0.1) is 0 Å². The summed E-state index contributed by atoms with van der Waals surface area (Å²) < 4.78 is 0. The van der Waals surface area contributed by atoms with Crippen LogP contribution < -0.4 is 63.8 Å². The molecule has 0 rings (SSSR count). The predicted molar refractivity (Wildman–Crippen MR) is 23.4 cm³/mol. The standard InChI is InChI=1S/5ClH.K.Pd/h5*1H;;/q;;;;;+1;+4/p-5. The van der Waals surface area contributed by atoms with Crippen molar-refractivity contribution in [3.05, 3.63) is 0 Å². The van der Waals surface area contributed by atoms with Crippen LogP contribution in [-0.4, -0.2) is 0 Å². The van der Waals surface area contributed by atoms with Crippen LogP contribution in [0.2, 0.25) is 0 Å². The van der Waals surface area contributed by atoms with E-state index in [4.69, 9.17) is 38.1 Å². The van der Waals surface area contributed by atoms with E-state index in [1.165, 1.54) is 0 Å². The maximum atomic E-state index is 4.98. The van der Waals surface area contributed by atoms with Crippen molar-refractivity contribution in [1.29, 1.82) is 0 Å². The molecule has 0 N–H and O–H groups in total. The molecule has 0 atom stereocenters. The van der Waals surface area contributed by atoms with Crippen LogP contribution in [0.15, 0.2) is 0 Å². The third kappa shape index (κ3) is 41.7. The van der Waals surface area contributed by atoms with Gasteiger partial charge in [0, 0.05) is 0 Å². The van der Waals surface area contributed by atoms with Crippen molar-refractivity contribution < 1.29 is 75.2 Å².